The van der Waals surface area contributed by atoms with Crippen LogP contribution in [0.25, 0.3) is 0 Å². The van der Waals surface area contributed by atoms with Gasteiger partial charge in [-0.1, -0.05) is 53.9 Å². The van der Waals surface area contributed by atoms with Gasteiger partial charge in [0, 0.05) is 25.2 Å². The molecule has 2 heteroatoms. The predicted octanol–water partition coefficient (Wildman–Crippen LogP) is 4.69. The van der Waals surface area contributed by atoms with Gasteiger partial charge in [-0.05, 0) is 38.6 Å². The molecule has 0 saturated heterocycles. The smallest absolute Gasteiger partial charge is 0.00502 e. The topological polar surface area (TPSA) is 15.3 Å². The van der Waals surface area contributed by atoms with E-state index >= 15 is 0 Å². The van der Waals surface area contributed by atoms with E-state index in [1.807, 2.05) is 0 Å². The Labute approximate surface area is 128 Å². The highest BCUT2D eigenvalue weighted by Crippen LogP contribution is 2.25. The normalized spacial score (nSPS) is 15.3. The van der Waals surface area contributed by atoms with E-state index in [9.17, 15) is 0 Å². The summed E-state index contributed by atoms with van der Waals surface area (Å²) in [6, 6.07) is 1.24. The second kappa shape index (κ2) is 10.6. The Hall–Kier alpha value is -0.0800. The molecule has 0 aromatic rings. The fourth-order valence-corrected chi connectivity index (χ4v) is 2.85. The number of unbranched alkanes of at least 4 members (excludes halogenated alkanes) is 2. The zero-order valence-corrected chi connectivity index (χ0v) is 15.3. The Kier molecular flexibility index (Phi) is 10.6. The van der Waals surface area contributed by atoms with Crippen molar-refractivity contribution in [2.24, 2.45) is 5.41 Å². The molecule has 122 valence electrons. The third kappa shape index (κ3) is 8.97. The molecule has 0 aliphatic heterocycles. The molecule has 0 bridgehead atoms. The van der Waals surface area contributed by atoms with Gasteiger partial charge in [0.25, 0.3) is 0 Å². The molecule has 0 spiro atoms. The molecule has 0 aromatic carbocycles. The van der Waals surface area contributed by atoms with E-state index in [1.165, 1.54) is 45.2 Å². The lowest BCUT2D eigenvalue weighted by Crippen LogP contribution is -2.46. The van der Waals surface area contributed by atoms with Crippen LogP contribution in [-0.2, 0) is 0 Å². The standard InChI is InChI=1S/C18H40N2/c1-8-10-11-13-20(17(5)6)15-18(7,12-9-2)14-19-16(3)4/h16-17,19H,8-15H2,1-7H3. The molecule has 0 saturated carbocycles. The van der Waals surface area contributed by atoms with Crippen LogP contribution in [0.5, 0.6) is 0 Å². The molecule has 20 heavy (non-hydrogen) atoms. The zero-order chi connectivity index (χ0) is 15.6. The van der Waals surface area contributed by atoms with Crippen molar-refractivity contribution in [3.63, 3.8) is 0 Å². The van der Waals surface area contributed by atoms with Gasteiger partial charge in [-0.3, -0.25) is 0 Å². The first kappa shape index (κ1) is 19.9. The number of hydrogen-bond acceptors (Lipinski definition) is 2. The van der Waals surface area contributed by atoms with Gasteiger partial charge in [0.15, 0.2) is 0 Å². The fourth-order valence-electron chi connectivity index (χ4n) is 2.85. The minimum Gasteiger partial charge on any atom is -0.314 e. The maximum atomic E-state index is 3.66. The maximum absolute atomic E-state index is 3.66. The average molecular weight is 285 g/mol. The van der Waals surface area contributed by atoms with Crippen molar-refractivity contribution in [3.05, 3.63) is 0 Å². The van der Waals surface area contributed by atoms with Crippen LogP contribution in [-0.4, -0.2) is 36.6 Å². The Morgan fingerprint density at radius 1 is 1.00 bits per heavy atom. The van der Waals surface area contributed by atoms with Gasteiger partial charge in [0.05, 0.1) is 0 Å². The van der Waals surface area contributed by atoms with Gasteiger partial charge >= 0.3 is 0 Å². The molecule has 0 aliphatic rings. The summed E-state index contributed by atoms with van der Waals surface area (Å²) < 4.78 is 0. The van der Waals surface area contributed by atoms with Crippen molar-refractivity contribution in [3.8, 4) is 0 Å². The summed E-state index contributed by atoms with van der Waals surface area (Å²) in [6.07, 6.45) is 6.60. The molecule has 1 unspecified atom stereocenters. The summed E-state index contributed by atoms with van der Waals surface area (Å²) in [6.45, 7) is 19.8. The van der Waals surface area contributed by atoms with Crippen molar-refractivity contribution < 1.29 is 0 Å². The molecule has 0 aliphatic carbocycles. The van der Waals surface area contributed by atoms with Crippen LogP contribution in [0.1, 0.15) is 80.6 Å². The van der Waals surface area contributed by atoms with Gasteiger partial charge in [-0.15, -0.1) is 0 Å². The van der Waals surface area contributed by atoms with Gasteiger partial charge in [-0.25, -0.2) is 0 Å². The fraction of sp³-hybridized carbons (Fsp3) is 1.00. The highest BCUT2D eigenvalue weighted by molar-refractivity contribution is 4.82. The summed E-state index contributed by atoms with van der Waals surface area (Å²) in [5.41, 5.74) is 0.398. The van der Waals surface area contributed by atoms with Crippen molar-refractivity contribution in [2.75, 3.05) is 19.6 Å². The Morgan fingerprint density at radius 2 is 1.65 bits per heavy atom. The molecule has 1 N–H and O–H groups in total. The second-order valence-electron chi connectivity index (χ2n) is 7.37. The van der Waals surface area contributed by atoms with E-state index < -0.39 is 0 Å². The van der Waals surface area contributed by atoms with Crippen LogP contribution < -0.4 is 5.32 Å². The summed E-state index contributed by atoms with van der Waals surface area (Å²) in [7, 11) is 0. The van der Waals surface area contributed by atoms with Crippen LogP contribution in [0.2, 0.25) is 0 Å². The number of nitrogens with zero attached hydrogens (tertiary/aromatic N) is 1. The van der Waals surface area contributed by atoms with E-state index in [4.69, 9.17) is 0 Å². The summed E-state index contributed by atoms with van der Waals surface area (Å²) in [5, 5.41) is 3.66. The Balaban J connectivity index is 4.54. The Morgan fingerprint density at radius 3 is 2.10 bits per heavy atom. The van der Waals surface area contributed by atoms with Gasteiger partial charge < -0.3 is 10.2 Å². The lowest BCUT2D eigenvalue weighted by atomic mass is 9.84. The van der Waals surface area contributed by atoms with E-state index in [2.05, 4.69) is 58.7 Å². The molecule has 0 radical (unpaired) electrons. The average Bonchev–Trinajstić information content (AvgIpc) is 2.36. The quantitative estimate of drug-likeness (QED) is 0.523. The number of nitrogens with one attached hydrogen (secondary N) is 1. The molecular weight excluding hydrogens is 244 g/mol. The van der Waals surface area contributed by atoms with Crippen molar-refractivity contribution >= 4 is 0 Å². The minimum atomic E-state index is 0.398. The van der Waals surface area contributed by atoms with Crippen molar-refractivity contribution in [2.45, 2.75) is 92.7 Å². The highest BCUT2D eigenvalue weighted by Gasteiger charge is 2.27. The molecule has 0 fully saturated rings. The SMILES string of the molecule is CCCCCN(CC(C)(CCC)CNC(C)C)C(C)C. The van der Waals surface area contributed by atoms with Gasteiger partial charge in [-0.2, -0.15) is 0 Å². The van der Waals surface area contributed by atoms with Crippen molar-refractivity contribution in [1.82, 2.24) is 10.2 Å². The highest BCUT2D eigenvalue weighted by atomic mass is 15.2. The molecule has 2 nitrogen and oxygen atoms in total. The maximum Gasteiger partial charge on any atom is 0.00502 e. The first-order chi connectivity index (χ1) is 9.34. The third-order valence-corrected chi connectivity index (χ3v) is 4.15. The molecule has 0 rings (SSSR count). The van der Waals surface area contributed by atoms with Crippen LogP contribution >= 0.6 is 0 Å². The third-order valence-electron chi connectivity index (χ3n) is 4.15. The monoisotopic (exact) mass is 284 g/mol. The van der Waals surface area contributed by atoms with E-state index in [-0.39, 0.29) is 0 Å². The zero-order valence-electron chi connectivity index (χ0n) is 15.3. The Bertz CT molecular complexity index is 225. The molecule has 1 atom stereocenters. The van der Waals surface area contributed by atoms with E-state index in [0.29, 0.717) is 17.5 Å². The molecule has 0 aromatic heterocycles. The van der Waals surface area contributed by atoms with Crippen molar-refractivity contribution in [1.29, 1.82) is 0 Å². The van der Waals surface area contributed by atoms with Crippen LogP contribution in [0.15, 0.2) is 0 Å². The molecule has 0 amide bonds. The van der Waals surface area contributed by atoms with Gasteiger partial charge in [0.1, 0.15) is 0 Å². The van der Waals surface area contributed by atoms with E-state index in [1.54, 1.807) is 0 Å². The first-order valence-electron chi connectivity index (χ1n) is 8.82. The second-order valence-corrected chi connectivity index (χ2v) is 7.37. The minimum absolute atomic E-state index is 0.398. The number of hydrogen-bond donors (Lipinski definition) is 1. The first-order valence-corrected chi connectivity index (χ1v) is 8.82. The lowest BCUT2D eigenvalue weighted by Gasteiger charge is -2.38. The van der Waals surface area contributed by atoms with Crippen LogP contribution in [0.3, 0.4) is 0 Å². The molecular formula is C18H40N2. The summed E-state index contributed by atoms with van der Waals surface area (Å²) >= 11 is 0. The van der Waals surface area contributed by atoms with E-state index in [0.717, 1.165) is 6.54 Å². The van der Waals surface area contributed by atoms with Gasteiger partial charge in [0.2, 0.25) is 0 Å². The summed E-state index contributed by atoms with van der Waals surface area (Å²) in [4.78, 5) is 2.69. The van der Waals surface area contributed by atoms with Crippen LogP contribution in [0, 0.1) is 5.41 Å². The molecule has 0 heterocycles. The predicted molar refractivity (Wildman–Crippen MR) is 92.4 cm³/mol. The lowest BCUT2D eigenvalue weighted by molar-refractivity contribution is 0.118. The van der Waals surface area contributed by atoms with Crippen LogP contribution in [0.4, 0.5) is 0 Å². The largest absolute Gasteiger partial charge is 0.314 e. The summed E-state index contributed by atoms with van der Waals surface area (Å²) in [5.74, 6) is 0. The number of rotatable bonds is 12.